The van der Waals surface area contributed by atoms with Crippen LogP contribution in [0.1, 0.15) is 50.6 Å². The third kappa shape index (κ3) is 3.88. The van der Waals surface area contributed by atoms with E-state index < -0.39 is 17.9 Å². The Labute approximate surface area is 204 Å². The summed E-state index contributed by atoms with van der Waals surface area (Å²) in [6, 6.07) is 6.48. The molecule has 2 aromatic heterocycles. The van der Waals surface area contributed by atoms with E-state index in [0.29, 0.717) is 28.3 Å². The molecular weight excluding hydrogens is 466 g/mol. The lowest BCUT2D eigenvalue weighted by Gasteiger charge is -2.29. The summed E-state index contributed by atoms with van der Waals surface area (Å²) in [7, 11) is 0. The lowest BCUT2D eigenvalue weighted by molar-refractivity contribution is -0.136. The largest absolute Gasteiger partial charge is 0.322 e. The van der Waals surface area contributed by atoms with Crippen LogP contribution in [0.2, 0.25) is 0 Å². The number of imide groups is 1. The molecule has 13 nitrogen and oxygen atoms in total. The summed E-state index contributed by atoms with van der Waals surface area (Å²) in [5.74, 6) is -1.61. The van der Waals surface area contributed by atoms with Gasteiger partial charge < -0.3 is 10.2 Å². The number of nitriles is 1. The molecular formula is C23H21N9O4. The molecule has 36 heavy (non-hydrogen) atoms. The molecule has 1 aromatic carbocycles. The Kier molecular flexibility index (Phi) is 5.56. The first-order chi connectivity index (χ1) is 17.3. The zero-order valence-corrected chi connectivity index (χ0v) is 19.5. The molecule has 4 amide bonds. The minimum Gasteiger partial charge on any atom is -0.322 e. The lowest BCUT2D eigenvalue weighted by atomic mass is 10.0. The molecule has 3 aromatic rings. The van der Waals surface area contributed by atoms with Gasteiger partial charge in [0.2, 0.25) is 11.8 Å². The molecule has 4 heterocycles. The fourth-order valence-electron chi connectivity index (χ4n) is 4.46. The number of rotatable bonds is 5. The minimum atomic E-state index is -0.697. The Balaban J connectivity index is 1.34. The second kappa shape index (κ2) is 8.73. The first-order valence-electron chi connectivity index (χ1n) is 11.2. The first-order valence-corrected chi connectivity index (χ1v) is 11.2. The summed E-state index contributed by atoms with van der Waals surface area (Å²) in [6.07, 6.45) is 1.91. The van der Waals surface area contributed by atoms with E-state index >= 15 is 0 Å². The number of benzene rings is 1. The Hall–Kier alpha value is -4.86. The fraction of sp³-hybridized carbons (Fsp3) is 0.304. The highest BCUT2D eigenvalue weighted by Gasteiger charge is 2.39. The molecule has 2 aliphatic heterocycles. The van der Waals surface area contributed by atoms with E-state index in [1.165, 1.54) is 20.5 Å². The molecule has 1 fully saturated rings. The maximum Gasteiger partial charge on any atom is 0.277 e. The summed E-state index contributed by atoms with van der Waals surface area (Å²) in [5.41, 5.74) is 3.48. The van der Waals surface area contributed by atoms with Crippen LogP contribution in [0.3, 0.4) is 0 Å². The number of hydrogen-bond donors (Lipinski definition) is 2. The number of aromatic nitrogens is 5. The third-order valence-electron chi connectivity index (χ3n) is 6.34. The summed E-state index contributed by atoms with van der Waals surface area (Å²) < 4.78 is 2.89. The Morgan fingerprint density at radius 1 is 1.28 bits per heavy atom. The molecule has 2 aliphatic rings. The van der Waals surface area contributed by atoms with Crippen LogP contribution in [-0.4, -0.2) is 59.3 Å². The monoisotopic (exact) mass is 487 g/mol. The van der Waals surface area contributed by atoms with Gasteiger partial charge in [-0.3, -0.25) is 29.2 Å². The second-order valence-electron chi connectivity index (χ2n) is 8.61. The van der Waals surface area contributed by atoms with Crippen molar-refractivity contribution in [2.24, 2.45) is 0 Å². The number of nitrogens with zero attached hydrogens (tertiary/aromatic N) is 7. The van der Waals surface area contributed by atoms with Gasteiger partial charge in [-0.15, -0.1) is 5.10 Å². The predicted molar refractivity (Wildman–Crippen MR) is 123 cm³/mol. The molecule has 2 N–H and O–H groups in total. The molecule has 5 rings (SSSR count). The zero-order chi connectivity index (χ0) is 25.6. The molecule has 182 valence electrons. The molecule has 0 radical (unpaired) electrons. The highest BCUT2D eigenvalue weighted by molar-refractivity contribution is 6.06. The van der Waals surface area contributed by atoms with Crippen LogP contribution in [0, 0.1) is 25.2 Å². The van der Waals surface area contributed by atoms with E-state index in [9.17, 15) is 19.2 Å². The van der Waals surface area contributed by atoms with Gasteiger partial charge in [0.05, 0.1) is 35.0 Å². The van der Waals surface area contributed by atoms with Gasteiger partial charge in [0, 0.05) is 18.5 Å². The van der Waals surface area contributed by atoms with Gasteiger partial charge in [-0.25, -0.2) is 4.68 Å². The van der Waals surface area contributed by atoms with Gasteiger partial charge in [-0.2, -0.15) is 10.4 Å². The third-order valence-corrected chi connectivity index (χ3v) is 6.34. The summed E-state index contributed by atoms with van der Waals surface area (Å²) >= 11 is 0. The van der Waals surface area contributed by atoms with E-state index in [4.69, 9.17) is 5.26 Å². The van der Waals surface area contributed by atoms with Crippen LogP contribution in [0.4, 0.5) is 5.69 Å². The average Bonchev–Trinajstić information content (AvgIpc) is 3.53. The Bertz CT molecular complexity index is 1480. The molecule has 1 unspecified atom stereocenters. The average molecular weight is 487 g/mol. The summed E-state index contributed by atoms with van der Waals surface area (Å²) in [4.78, 5) is 51.0. The smallest absolute Gasteiger partial charge is 0.277 e. The van der Waals surface area contributed by atoms with E-state index in [-0.39, 0.29) is 43.4 Å². The van der Waals surface area contributed by atoms with Crippen LogP contribution >= 0.6 is 0 Å². The second-order valence-corrected chi connectivity index (χ2v) is 8.61. The number of anilines is 1. The fourth-order valence-corrected chi connectivity index (χ4v) is 4.46. The molecule has 0 aliphatic carbocycles. The number of fused-ring (bicyclic) bond motifs is 1. The van der Waals surface area contributed by atoms with Crippen molar-refractivity contribution in [3.63, 3.8) is 0 Å². The molecule has 13 heteroatoms. The van der Waals surface area contributed by atoms with Crippen LogP contribution < -0.4 is 10.6 Å². The van der Waals surface area contributed by atoms with Crippen molar-refractivity contribution in [1.29, 1.82) is 5.26 Å². The molecule has 1 atom stereocenters. The van der Waals surface area contributed by atoms with Crippen molar-refractivity contribution in [2.75, 3.05) is 5.32 Å². The van der Waals surface area contributed by atoms with Gasteiger partial charge in [-0.1, -0.05) is 11.3 Å². The van der Waals surface area contributed by atoms with Gasteiger partial charge in [0.1, 0.15) is 12.6 Å². The normalized spacial score (nSPS) is 17.1. The highest BCUT2D eigenvalue weighted by atomic mass is 16.2. The standard InChI is InChI=1S/C23H21N9O4/c1-12-20(13(2)31(28-12)8-7-24)26-21(34)17-11-32(29-27-17)15-4-3-14-10-30(23(36)16(14)9-15)18-5-6-19(33)25-22(18)35/h3-4,9,11,18H,5-6,8,10H2,1-2H3,(H,26,34)(H,25,33,35). The number of nitrogens with one attached hydrogen (secondary N) is 2. The van der Waals surface area contributed by atoms with Gasteiger partial charge in [-0.05, 0) is 38.0 Å². The predicted octanol–water partition coefficient (Wildman–Crippen LogP) is 0.618. The number of aryl methyl sites for hydroxylation is 1. The summed E-state index contributed by atoms with van der Waals surface area (Å²) in [5, 5.41) is 26.2. The SMILES string of the molecule is Cc1nn(CC#N)c(C)c1NC(=O)c1cn(-c2ccc3c(c2)C(=O)N(C2CCC(=O)NC2=O)C3)nn1. The number of piperidine rings is 1. The lowest BCUT2D eigenvalue weighted by Crippen LogP contribution is -2.52. The molecule has 1 saturated heterocycles. The van der Waals surface area contributed by atoms with E-state index in [1.807, 2.05) is 6.07 Å². The van der Waals surface area contributed by atoms with E-state index in [1.54, 1.807) is 32.0 Å². The molecule has 0 saturated carbocycles. The van der Waals surface area contributed by atoms with Gasteiger partial charge in [0.15, 0.2) is 5.69 Å². The van der Waals surface area contributed by atoms with Crippen LogP contribution in [-0.2, 0) is 22.7 Å². The van der Waals surface area contributed by atoms with Gasteiger partial charge in [0.25, 0.3) is 11.8 Å². The van der Waals surface area contributed by atoms with Crippen molar-refractivity contribution < 1.29 is 19.2 Å². The number of amides is 4. The number of carbonyl (C=O) groups is 4. The van der Waals surface area contributed by atoms with Crippen molar-refractivity contribution in [3.8, 4) is 11.8 Å². The first kappa shape index (κ1) is 22.9. The maximum absolute atomic E-state index is 13.1. The molecule has 0 bridgehead atoms. The maximum atomic E-state index is 13.1. The summed E-state index contributed by atoms with van der Waals surface area (Å²) in [6.45, 7) is 3.82. The zero-order valence-electron chi connectivity index (χ0n) is 19.5. The Morgan fingerprint density at radius 3 is 2.83 bits per heavy atom. The minimum absolute atomic E-state index is 0.0545. The van der Waals surface area contributed by atoms with Crippen LogP contribution in [0.25, 0.3) is 5.69 Å². The van der Waals surface area contributed by atoms with Crippen molar-refractivity contribution >= 4 is 29.3 Å². The molecule has 0 spiro atoms. The topological polar surface area (TPSA) is 168 Å². The van der Waals surface area contributed by atoms with Crippen LogP contribution in [0.15, 0.2) is 24.4 Å². The highest BCUT2D eigenvalue weighted by Crippen LogP contribution is 2.29. The number of carbonyl (C=O) groups excluding carboxylic acids is 4. The Morgan fingerprint density at radius 2 is 2.08 bits per heavy atom. The van der Waals surface area contributed by atoms with Gasteiger partial charge >= 0.3 is 0 Å². The quantitative estimate of drug-likeness (QED) is 0.494. The number of hydrogen-bond acceptors (Lipinski definition) is 8. The van der Waals surface area contributed by atoms with Crippen molar-refractivity contribution in [1.82, 2.24) is 35.0 Å². The van der Waals surface area contributed by atoms with Crippen LogP contribution in [0.5, 0.6) is 0 Å². The van der Waals surface area contributed by atoms with Crippen molar-refractivity contribution in [3.05, 3.63) is 52.6 Å². The van der Waals surface area contributed by atoms with E-state index in [2.05, 4.69) is 26.0 Å². The van der Waals surface area contributed by atoms with E-state index in [0.717, 1.165) is 5.56 Å². The van der Waals surface area contributed by atoms with Crippen molar-refractivity contribution in [2.45, 2.75) is 45.8 Å².